The fourth-order valence-electron chi connectivity index (χ4n) is 0.879. The van der Waals surface area contributed by atoms with Crippen molar-refractivity contribution in [2.75, 3.05) is 0 Å². The normalized spacial score (nSPS) is 12.2. The molecule has 0 aromatic carbocycles. The second-order valence-electron chi connectivity index (χ2n) is 2.41. The average Bonchev–Trinajstić information content (AvgIpc) is 2.09. The smallest absolute Gasteiger partial charge is 0.129 e. The Bertz CT molecular complexity index is 350. The van der Waals surface area contributed by atoms with Crippen LogP contribution in [0.4, 0.5) is 0 Å². The Labute approximate surface area is 89.1 Å². The average molecular weight is 262 g/mol. The first-order valence-electron chi connectivity index (χ1n) is 3.51. The lowest BCUT2D eigenvalue weighted by Crippen LogP contribution is -1.97. The first-order valence-corrected chi connectivity index (χ1v) is 4.68. The molecule has 1 aromatic heterocycles. The molecule has 0 saturated heterocycles. The van der Waals surface area contributed by atoms with E-state index in [0.29, 0.717) is 15.2 Å². The number of aliphatic hydroxyl groups excluding tert-OH is 1. The van der Waals surface area contributed by atoms with Crippen molar-refractivity contribution >= 4 is 27.5 Å². The molecule has 1 N–H and O–H groups in total. The number of nitriles is 1. The van der Waals surface area contributed by atoms with Gasteiger partial charge in [0.15, 0.2) is 0 Å². The van der Waals surface area contributed by atoms with Crippen molar-refractivity contribution in [3.05, 3.63) is 27.5 Å². The molecule has 5 heteroatoms. The van der Waals surface area contributed by atoms with Gasteiger partial charge in [-0.1, -0.05) is 11.6 Å². The Morgan fingerprint density at radius 1 is 1.77 bits per heavy atom. The molecule has 68 valence electrons. The zero-order valence-corrected chi connectivity index (χ0v) is 8.88. The van der Waals surface area contributed by atoms with Crippen LogP contribution in [0.3, 0.4) is 0 Å². The van der Waals surface area contributed by atoms with Gasteiger partial charge in [0.1, 0.15) is 5.15 Å². The first-order chi connectivity index (χ1) is 6.15. The maximum Gasteiger partial charge on any atom is 0.129 e. The highest BCUT2D eigenvalue weighted by atomic mass is 79.9. The van der Waals surface area contributed by atoms with Gasteiger partial charge in [0.25, 0.3) is 0 Å². The largest absolute Gasteiger partial charge is 0.387 e. The van der Waals surface area contributed by atoms with Gasteiger partial charge in [0.2, 0.25) is 0 Å². The summed E-state index contributed by atoms with van der Waals surface area (Å²) in [6, 6.07) is 3.41. The summed E-state index contributed by atoms with van der Waals surface area (Å²) in [5, 5.41) is 18.2. The van der Waals surface area contributed by atoms with Crippen molar-refractivity contribution in [1.82, 2.24) is 4.98 Å². The Balaban J connectivity index is 3.00. The predicted octanol–water partition coefficient (Wildman–Crippen LogP) is 2.44. The third kappa shape index (κ3) is 2.66. The molecule has 0 aliphatic carbocycles. The lowest BCUT2D eigenvalue weighted by Gasteiger charge is -2.08. The number of hydrogen-bond acceptors (Lipinski definition) is 3. The van der Waals surface area contributed by atoms with Crippen molar-refractivity contribution in [3.63, 3.8) is 0 Å². The van der Waals surface area contributed by atoms with E-state index in [2.05, 4.69) is 20.9 Å². The Kier molecular flexibility index (Phi) is 3.67. The molecule has 0 aliphatic heterocycles. The van der Waals surface area contributed by atoms with Crippen LogP contribution in [0.1, 0.15) is 18.1 Å². The zero-order chi connectivity index (χ0) is 9.84. The fourth-order valence-corrected chi connectivity index (χ4v) is 1.53. The van der Waals surface area contributed by atoms with Crippen LogP contribution >= 0.6 is 27.5 Å². The number of halogens is 2. The molecule has 13 heavy (non-hydrogen) atoms. The molecule has 0 aliphatic rings. The van der Waals surface area contributed by atoms with Gasteiger partial charge >= 0.3 is 0 Å². The Morgan fingerprint density at radius 2 is 2.46 bits per heavy atom. The molecule has 0 fully saturated rings. The summed E-state index contributed by atoms with van der Waals surface area (Å²) in [6.07, 6.45) is 0.719. The van der Waals surface area contributed by atoms with E-state index >= 15 is 0 Å². The highest BCUT2D eigenvalue weighted by Crippen LogP contribution is 2.26. The maximum atomic E-state index is 9.49. The fraction of sp³-hybridized carbons (Fsp3) is 0.250. The van der Waals surface area contributed by atoms with E-state index in [1.54, 1.807) is 0 Å². The quantitative estimate of drug-likeness (QED) is 0.832. The van der Waals surface area contributed by atoms with E-state index in [0.717, 1.165) is 0 Å². The number of pyridine rings is 1. The lowest BCUT2D eigenvalue weighted by atomic mass is 10.1. The minimum atomic E-state index is -0.820. The van der Waals surface area contributed by atoms with Crippen LogP contribution in [0.15, 0.2) is 16.7 Å². The lowest BCUT2D eigenvalue weighted by molar-refractivity contribution is 0.182. The molecular formula is C8H6BrClN2O. The van der Waals surface area contributed by atoms with Crippen LogP contribution in [0, 0.1) is 11.3 Å². The zero-order valence-electron chi connectivity index (χ0n) is 6.54. The van der Waals surface area contributed by atoms with Gasteiger partial charge in [0, 0.05) is 16.2 Å². The third-order valence-electron chi connectivity index (χ3n) is 1.50. The van der Waals surface area contributed by atoms with Gasteiger partial charge in [-0.05, 0) is 22.0 Å². The summed E-state index contributed by atoms with van der Waals surface area (Å²) in [7, 11) is 0. The van der Waals surface area contributed by atoms with Crippen molar-refractivity contribution in [2.24, 2.45) is 0 Å². The molecule has 0 saturated carbocycles. The number of nitrogens with zero attached hydrogens (tertiary/aromatic N) is 2. The van der Waals surface area contributed by atoms with Crippen LogP contribution in [0.25, 0.3) is 0 Å². The van der Waals surface area contributed by atoms with Gasteiger partial charge in [0.05, 0.1) is 18.6 Å². The van der Waals surface area contributed by atoms with Crippen molar-refractivity contribution in [1.29, 1.82) is 5.26 Å². The number of hydrogen-bond donors (Lipinski definition) is 1. The van der Waals surface area contributed by atoms with Crippen LogP contribution in [-0.4, -0.2) is 10.1 Å². The highest BCUT2D eigenvalue weighted by Gasteiger charge is 2.11. The predicted molar refractivity (Wildman–Crippen MR) is 52.1 cm³/mol. The van der Waals surface area contributed by atoms with E-state index in [1.165, 1.54) is 12.3 Å². The highest BCUT2D eigenvalue weighted by molar-refractivity contribution is 9.10. The van der Waals surface area contributed by atoms with Gasteiger partial charge in [-0.25, -0.2) is 4.98 Å². The Hall–Kier alpha value is -0.630. The van der Waals surface area contributed by atoms with E-state index in [4.69, 9.17) is 16.9 Å². The van der Waals surface area contributed by atoms with Gasteiger partial charge in [-0.2, -0.15) is 5.26 Å². The molecule has 1 aromatic rings. The molecule has 0 spiro atoms. The molecular weight excluding hydrogens is 255 g/mol. The molecule has 1 atom stereocenters. The standard InChI is InChI=1S/C8H6BrClN2O/c9-6-4-12-8(10)3-5(6)7(13)1-2-11/h3-4,7,13H,1H2. The van der Waals surface area contributed by atoms with E-state index in [1.807, 2.05) is 6.07 Å². The molecule has 0 amide bonds. The van der Waals surface area contributed by atoms with Gasteiger partial charge in [-0.3, -0.25) is 0 Å². The summed E-state index contributed by atoms with van der Waals surface area (Å²) < 4.78 is 0.652. The monoisotopic (exact) mass is 260 g/mol. The molecule has 3 nitrogen and oxygen atoms in total. The molecule has 1 rings (SSSR count). The van der Waals surface area contributed by atoms with Crippen LogP contribution < -0.4 is 0 Å². The van der Waals surface area contributed by atoms with Crippen molar-refractivity contribution in [2.45, 2.75) is 12.5 Å². The summed E-state index contributed by atoms with van der Waals surface area (Å²) in [4.78, 5) is 3.81. The number of rotatable bonds is 2. The third-order valence-corrected chi connectivity index (χ3v) is 2.36. The van der Waals surface area contributed by atoms with Crippen LogP contribution in [0.2, 0.25) is 5.15 Å². The SMILES string of the molecule is N#CCC(O)c1cc(Cl)ncc1Br. The first kappa shape index (κ1) is 10.5. The second kappa shape index (κ2) is 4.56. The van der Waals surface area contributed by atoms with Crippen molar-refractivity contribution in [3.8, 4) is 6.07 Å². The van der Waals surface area contributed by atoms with Crippen LogP contribution in [0.5, 0.6) is 0 Å². The minimum absolute atomic E-state index is 0.0406. The van der Waals surface area contributed by atoms with E-state index in [-0.39, 0.29) is 6.42 Å². The summed E-state index contributed by atoms with van der Waals surface area (Å²) in [6.45, 7) is 0. The van der Waals surface area contributed by atoms with Crippen molar-refractivity contribution < 1.29 is 5.11 Å². The van der Waals surface area contributed by atoms with Gasteiger partial charge in [-0.15, -0.1) is 0 Å². The second-order valence-corrected chi connectivity index (χ2v) is 3.65. The van der Waals surface area contributed by atoms with E-state index in [9.17, 15) is 5.11 Å². The maximum absolute atomic E-state index is 9.49. The molecule has 1 heterocycles. The van der Waals surface area contributed by atoms with Crippen LogP contribution in [-0.2, 0) is 0 Å². The molecule has 0 radical (unpaired) electrons. The summed E-state index contributed by atoms with van der Waals surface area (Å²) in [5.74, 6) is 0. The Morgan fingerprint density at radius 3 is 3.08 bits per heavy atom. The molecule has 1 unspecified atom stereocenters. The number of aromatic nitrogens is 1. The summed E-state index contributed by atoms with van der Waals surface area (Å²) in [5.41, 5.74) is 0.585. The van der Waals surface area contributed by atoms with Gasteiger partial charge < -0.3 is 5.11 Å². The molecule has 0 bridgehead atoms. The van der Waals surface area contributed by atoms with E-state index < -0.39 is 6.10 Å². The summed E-state index contributed by atoms with van der Waals surface area (Å²) >= 11 is 8.85. The minimum Gasteiger partial charge on any atom is -0.387 e. The topological polar surface area (TPSA) is 56.9 Å². The number of aliphatic hydroxyl groups is 1.